The summed E-state index contributed by atoms with van der Waals surface area (Å²) in [6, 6.07) is 2.61. The summed E-state index contributed by atoms with van der Waals surface area (Å²) in [6.45, 7) is 0.502. The van der Waals surface area contributed by atoms with Crippen LogP contribution in [0.25, 0.3) is 0 Å². The van der Waals surface area contributed by atoms with Gasteiger partial charge in [0.15, 0.2) is 0 Å². The van der Waals surface area contributed by atoms with Crippen LogP contribution in [0.2, 0.25) is 0 Å². The average Bonchev–Trinajstić information content (AvgIpc) is 3.10. The van der Waals surface area contributed by atoms with Gasteiger partial charge in [-0.25, -0.2) is 9.97 Å². The molecule has 3 rings (SSSR count). The van der Waals surface area contributed by atoms with Gasteiger partial charge in [0.1, 0.15) is 11.6 Å². The van der Waals surface area contributed by atoms with Crippen molar-refractivity contribution in [3.05, 3.63) is 17.6 Å². The van der Waals surface area contributed by atoms with Gasteiger partial charge in [0.05, 0.1) is 5.69 Å². The molecule has 1 aromatic heterocycles. The lowest BCUT2D eigenvalue weighted by Crippen LogP contribution is -2.09. The first-order valence-electron chi connectivity index (χ1n) is 5.69. The van der Waals surface area contributed by atoms with Crippen molar-refractivity contribution < 1.29 is 0 Å². The fourth-order valence-corrected chi connectivity index (χ4v) is 1.66. The van der Waals surface area contributed by atoms with Crippen LogP contribution in [0.4, 0.5) is 5.82 Å². The van der Waals surface area contributed by atoms with Gasteiger partial charge in [0.25, 0.3) is 0 Å². The van der Waals surface area contributed by atoms with E-state index in [1.807, 2.05) is 6.07 Å². The summed E-state index contributed by atoms with van der Waals surface area (Å²) < 4.78 is 0. The summed E-state index contributed by atoms with van der Waals surface area (Å²) in [6.07, 6.45) is 5.00. The second-order valence-electron chi connectivity index (χ2n) is 4.50. The van der Waals surface area contributed by atoms with E-state index in [4.69, 9.17) is 5.73 Å². The molecule has 0 aromatic carbocycles. The summed E-state index contributed by atoms with van der Waals surface area (Å²) in [7, 11) is 0. The molecule has 3 N–H and O–H groups in total. The number of hydrogen-bond acceptors (Lipinski definition) is 4. The number of nitrogens with two attached hydrogens (primary N) is 1. The maximum absolute atomic E-state index is 5.64. The van der Waals surface area contributed by atoms with E-state index in [2.05, 4.69) is 15.3 Å². The third-order valence-electron chi connectivity index (χ3n) is 2.88. The SMILES string of the molecule is NCc1cc(NC2CC2)nc(C2CC2)n1. The maximum atomic E-state index is 5.64. The van der Waals surface area contributed by atoms with Crippen LogP contribution in [-0.4, -0.2) is 16.0 Å². The molecule has 1 heterocycles. The highest BCUT2D eigenvalue weighted by atomic mass is 15.1. The summed E-state index contributed by atoms with van der Waals surface area (Å²) in [5.74, 6) is 2.55. The molecule has 4 heteroatoms. The van der Waals surface area contributed by atoms with Crippen LogP contribution in [0.5, 0.6) is 0 Å². The third-order valence-corrected chi connectivity index (χ3v) is 2.88. The largest absolute Gasteiger partial charge is 0.367 e. The third kappa shape index (κ3) is 2.09. The normalized spacial score (nSPS) is 20.3. The Labute approximate surface area is 89.3 Å². The maximum Gasteiger partial charge on any atom is 0.134 e. The van der Waals surface area contributed by atoms with E-state index in [1.165, 1.54) is 25.7 Å². The van der Waals surface area contributed by atoms with Crippen molar-refractivity contribution in [1.82, 2.24) is 9.97 Å². The molecule has 80 valence electrons. The van der Waals surface area contributed by atoms with Crippen LogP contribution >= 0.6 is 0 Å². The predicted molar refractivity (Wildman–Crippen MR) is 58.5 cm³/mol. The van der Waals surface area contributed by atoms with Crippen LogP contribution < -0.4 is 11.1 Å². The lowest BCUT2D eigenvalue weighted by atomic mass is 10.3. The van der Waals surface area contributed by atoms with Gasteiger partial charge in [-0.2, -0.15) is 0 Å². The molecule has 0 unspecified atom stereocenters. The highest BCUT2D eigenvalue weighted by Gasteiger charge is 2.28. The van der Waals surface area contributed by atoms with E-state index < -0.39 is 0 Å². The molecule has 2 aliphatic carbocycles. The Morgan fingerprint density at radius 3 is 2.67 bits per heavy atom. The van der Waals surface area contributed by atoms with Gasteiger partial charge in [0, 0.05) is 24.6 Å². The molecule has 2 aliphatic rings. The Balaban J connectivity index is 1.86. The van der Waals surface area contributed by atoms with E-state index in [9.17, 15) is 0 Å². The fraction of sp³-hybridized carbons (Fsp3) is 0.636. The summed E-state index contributed by atoms with van der Waals surface area (Å²) in [5, 5.41) is 3.41. The topological polar surface area (TPSA) is 63.8 Å². The molecule has 2 saturated carbocycles. The smallest absolute Gasteiger partial charge is 0.134 e. The highest BCUT2D eigenvalue weighted by molar-refractivity contribution is 5.39. The number of rotatable bonds is 4. The zero-order valence-electron chi connectivity index (χ0n) is 8.74. The Bertz CT molecular complexity index is 369. The van der Waals surface area contributed by atoms with Crippen molar-refractivity contribution in [2.45, 2.75) is 44.2 Å². The molecule has 0 bridgehead atoms. The lowest BCUT2D eigenvalue weighted by Gasteiger charge is -2.07. The Morgan fingerprint density at radius 2 is 2.07 bits per heavy atom. The number of hydrogen-bond donors (Lipinski definition) is 2. The first-order valence-corrected chi connectivity index (χ1v) is 5.69. The minimum absolute atomic E-state index is 0.502. The monoisotopic (exact) mass is 204 g/mol. The summed E-state index contributed by atoms with van der Waals surface area (Å²) in [5.41, 5.74) is 6.59. The molecular weight excluding hydrogens is 188 g/mol. The van der Waals surface area contributed by atoms with Gasteiger partial charge in [-0.1, -0.05) is 0 Å². The first kappa shape index (κ1) is 9.09. The second-order valence-corrected chi connectivity index (χ2v) is 4.50. The zero-order valence-corrected chi connectivity index (χ0v) is 8.74. The number of nitrogens with zero attached hydrogens (tertiary/aromatic N) is 2. The zero-order chi connectivity index (χ0) is 10.3. The van der Waals surface area contributed by atoms with E-state index in [0.29, 0.717) is 18.5 Å². The standard InChI is InChI=1S/C11H16N4/c12-6-9-5-10(13-8-3-4-8)15-11(14-9)7-1-2-7/h5,7-8H,1-4,6,12H2,(H,13,14,15). The Morgan fingerprint density at radius 1 is 1.27 bits per heavy atom. The van der Waals surface area contributed by atoms with Gasteiger partial charge in [-0.05, 0) is 25.7 Å². The van der Waals surface area contributed by atoms with E-state index in [1.54, 1.807) is 0 Å². The van der Waals surface area contributed by atoms with Gasteiger partial charge in [0.2, 0.25) is 0 Å². The molecule has 2 fully saturated rings. The molecule has 0 spiro atoms. The second kappa shape index (κ2) is 3.45. The quantitative estimate of drug-likeness (QED) is 0.778. The first-order chi connectivity index (χ1) is 7.35. The van der Waals surface area contributed by atoms with Gasteiger partial charge >= 0.3 is 0 Å². The molecule has 0 atom stereocenters. The molecule has 0 radical (unpaired) electrons. The number of nitrogens with one attached hydrogen (secondary N) is 1. The van der Waals surface area contributed by atoms with Crippen LogP contribution in [0.1, 0.15) is 43.1 Å². The van der Waals surface area contributed by atoms with Crippen molar-refractivity contribution >= 4 is 5.82 Å². The van der Waals surface area contributed by atoms with E-state index in [0.717, 1.165) is 17.3 Å². The van der Waals surface area contributed by atoms with Crippen LogP contribution in [-0.2, 0) is 6.54 Å². The molecule has 1 aromatic rings. The van der Waals surface area contributed by atoms with Crippen LogP contribution in [0, 0.1) is 0 Å². The van der Waals surface area contributed by atoms with Crippen LogP contribution in [0.15, 0.2) is 6.07 Å². The Hall–Kier alpha value is -1.16. The summed E-state index contributed by atoms with van der Waals surface area (Å²) in [4.78, 5) is 9.01. The molecule has 15 heavy (non-hydrogen) atoms. The molecule has 0 saturated heterocycles. The fourth-order valence-electron chi connectivity index (χ4n) is 1.66. The minimum Gasteiger partial charge on any atom is -0.367 e. The van der Waals surface area contributed by atoms with Crippen molar-refractivity contribution in [2.24, 2.45) is 5.73 Å². The lowest BCUT2D eigenvalue weighted by molar-refractivity contribution is 0.864. The van der Waals surface area contributed by atoms with E-state index in [-0.39, 0.29) is 0 Å². The molecule has 4 nitrogen and oxygen atoms in total. The minimum atomic E-state index is 0.502. The number of aromatic nitrogens is 2. The Kier molecular flexibility index (Phi) is 2.09. The number of anilines is 1. The average molecular weight is 204 g/mol. The highest BCUT2D eigenvalue weighted by Crippen LogP contribution is 2.38. The molecule has 0 aliphatic heterocycles. The van der Waals surface area contributed by atoms with Gasteiger partial charge in [-0.15, -0.1) is 0 Å². The van der Waals surface area contributed by atoms with Crippen molar-refractivity contribution in [2.75, 3.05) is 5.32 Å². The summed E-state index contributed by atoms with van der Waals surface area (Å²) >= 11 is 0. The molecule has 0 amide bonds. The van der Waals surface area contributed by atoms with Crippen molar-refractivity contribution in [3.8, 4) is 0 Å². The van der Waals surface area contributed by atoms with Crippen molar-refractivity contribution in [3.63, 3.8) is 0 Å². The van der Waals surface area contributed by atoms with Gasteiger partial charge in [-0.3, -0.25) is 0 Å². The van der Waals surface area contributed by atoms with Crippen molar-refractivity contribution in [1.29, 1.82) is 0 Å². The predicted octanol–water partition coefficient (Wildman–Crippen LogP) is 1.39. The van der Waals surface area contributed by atoms with Crippen LogP contribution in [0.3, 0.4) is 0 Å². The molecular formula is C11H16N4. The van der Waals surface area contributed by atoms with Gasteiger partial charge < -0.3 is 11.1 Å². The van der Waals surface area contributed by atoms with E-state index >= 15 is 0 Å².